The topological polar surface area (TPSA) is 40.6 Å². The van der Waals surface area contributed by atoms with Gasteiger partial charge in [0, 0.05) is 37.7 Å². The SMILES string of the molecule is O=C(/C=C/c1ccccc1)N1CCC(C(=O)N2CCC[C@H]3CCCC[C@@H]32)CC1. The number of rotatable bonds is 3. The van der Waals surface area contributed by atoms with Crippen molar-refractivity contribution < 1.29 is 9.59 Å². The third kappa shape index (κ3) is 4.31. The predicted octanol–water partition coefficient (Wildman–Crippen LogP) is 4.12. The fourth-order valence-electron chi connectivity index (χ4n) is 5.32. The molecule has 0 bridgehead atoms. The molecule has 0 radical (unpaired) electrons. The summed E-state index contributed by atoms with van der Waals surface area (Å²) in [4.78, 5) is 29.8. The number of fused-ring (bicyclic) bond motifs is 1. The zero-order valence-electron chi connectivity index (χ0n) is 16.8. The standard InChI is InChI=1S/C24H32N2O2/c27-23(13-12-19-7-2-1-3-8-19)25-17-14-21(15-18-25)24(28)26-16-6-10-20-9-4-5-11-22(20)26/h1-3,7-8,12-13,20-22H,4-6,9-11,14-18H2/b13-12+/t20-,22+/m1/s1. The van der Waals surface area contributed by atoms with Gasteiger partial charge in [0.1, 0.15) is 0 Å². The van der Waals surface area contributed by atoms with E-state index < -0.39 is 0 Å². The lowest BCUT2D eigenvalue weighted by molar-refractivity contribution is -0.145. The Labute approximate surface area is 168 Å². The number of hydrogen-bond donors (Lipinski definition) is 0. The summed E-state index contributed by atoms with van der Waals surface area (Å²) in [6, 6.07) is 10.4. The van der Waals surface area contributed by atoms with Crippen molar-refractivity contribution in [3.63, 3.8) is 0 Å². The van der Waals surface area contributed by atoms with Crippen LogP contribution in [0.3, 0.4) is 0 Å². The molecule has 4 nitrogen and oxygen atoms in total. The Morgan fingerprint density at radius 2 is 1.57 bits per heavy atom. The molecule has 2 saturated heterocycles. The van der Waals surface area contributed by atoms with Gasteiger partial charge in [0.15, 0.2) is 0 Å². The van der Waals surface area contributed by atoms with Gasteiger partial charge in [0.2, 0.25) is 11.8 Å². The van der Waals surface area contributed by atoms with Crippen LogP contribution in [0.15, 0.2) is 36.4 Å². The third-order valence-corrected chi connectivity index (χ3v) is 6.90. The number of hydrogen-bond acceptors (Lipinski definition) is 2. The van der Waals surface area contributed by atoms with Gasteiger partial charge in [-0.1, -0.05) is 43.2 Å². The van der Waals surface area contributed by atoms with Gasteiger partial charge in [-0.15, -0.1) is 0 Å². The molecule has 1 aromatic rings. The summed E-state index contributed by atoms with van der Waals surface area (Å²) in [5.74, 6) is 1.25. The Morgan fingerprint density at radius 3 is 2.36 bits per heavy atom. The van der Waals surface area contributed by atoms with E-state index in [0.717, 1.165) is 37.3 Å². The van der Waals surface area contributed by atoms with Crippen molar-refractivity contribution >= 4 is 17.9 Å². The maximum Gasteiger partial charge on any atom is 0.246 e. The minimum Gasteiger partial charge on any atom is -0.339 e. The quantitative estimate of drug-likeness (QED) is 0.740. The molecule has 0 spiro atoms. The van der Waals surface area contributed by atoms with E-state index in [0.29, 0.717) is 25.0 Å². The van der Waals surface area contributed by atoms with Gasteiger partial charge in [-0.25, -0.2) is 0 Å². The van der Waals surface area contributed by atoms with Gasteiger partial charge in [0.25, 0.3) is 0 Å². The first kappa shape index (κ1) is 19.2. The fraction of sp³-hybridized carbons (Fsp3) is 0.583. The zero-order chi connectivity index (χ0) is 19.3. The van der Waals surface area contributed by atoms with Crippen LogP contribution in [0.4, 0.5) is 0 Å². The minimum atomic E-state index is 0.0556. The van der Waals surface area contributed by atoms with Crippen LogP contribution in [-0.4, -0.2) is 47.3 Å². The molecule has 3 fully saturated rings. The van der Waals surface area contributed by atoms with Crippen molar-refractivity contribution in [1.82, 2.24) is 9.80 Å². The average molecular weight is 381 g/mol. The first-order valence-corrected chi connectivity index (χ1v) is 11.0. The number of benzene rings is 1. The van der Waals surface area contributed by atoms with Crippen molar-refractivity contribution in [2.45, 2.75) is 57.4 Å². The summed E-state index contributed by atoms with van der Waals surface area (Å²) in [6.07, 6.45) is 12.7. The lowest BCUT2D eigenvalue weighted by Crippen LogP contribution is -2.53. The summed E-state index contributed by atoms with van der Waals surface area (Å²) in [6.45, 7) is 2.32. The van der Waals surface area contributed by atoms with Gasteiger partial charge in [0.05, 0.1) is 0 Å². The summed E-state index contributed by atoms with van der Waals surface area (Å²) in [5, 5.41) is 0. The number of nitrogens with zero attached hydrogens (tertiary/aromatic N) is 2. The van der Waals surface area contributed by atoms with E-state index in [9.17, 15) is 9.59 Å². The molecule has 2 amide bonds. The number of amides is 2. The molecule has 0 aromatic heterocycles. The number of carbonyl (C=O) groups is 2. The normalized spacial score (nSPS) is 26.3. The molecule has 1 aliphatic carbocycles. The van der Waals surface area contributed by atoms with Gasteiger partial charge >= 0.3 is 0 Å². The van der Waals surface area contributed by atoms with Crippen molar-refractivity contribution in [2.75, 3.05) is 19.6 Å². The molecule has 1 aromatic carbocycles. The van der Waals surface area contributed by atoms with E-state index in [-0.39, 0.29) is 11.8 Å². The lowest BCUT2D eigenvalue weighted by Gasteiger charge is -2.46. The second-order valence-electron chi connectivity index (χ2n) is 8.63. The molecule has 2 aliphatic heterocycles. The van der Waals surface area contributed by atoms with Crippen LogP contribution in [0.25, 0.3) is 6.08 Å². The molecule has 0 unspecified atom stereocenters. The van der Waals surface area contributed by atoms with E-state index in [2.05, 4.69) is 4.90 Å². The molecule has 150 valence electrons. The maximum atomic E-state index is 13.2. The largest absolute Gasteiger partial charge is 0.339 e. The highest BCUT2D eigenvalue weighted by atomic mass is 16.2. The molecule has 4 rings (SSSR count). The van der Waals surface area contributed by atoms with Crippen LogP contribution in [-0.2, 0) is 9.59 Å². The van der Waals surface area contributed by atoms with E-state index in [4.69, 9.17) is 0 Å². The van der Waals surface area contributed by atoms with Gasteiger partial charge in [-0.05, 0) is 56.1 Å². The summed E-state index contributed by atoms with van der Waals surface area (Å²) in [7, 11) is 0. The summed E-state index contributed by atoms with van der Waals surface area (Å²) >= 11 is 0. The zero-order valence-corrected chi connectivity index (χ0v) is 16.8. The summed E-state index contributed by atoms with van der Waals surface area (Å²) < 4.78 is 0. The monoisotopic (exact) mass is 380 g/mol. The highest BCUT2D eigenvalue weighted by molar-refractivity contribution is 5.92. The highest BCUT2D eigenvalue weighted by Crippen LogP contribution is 2.36. The molecule has 1 saturated carbocycles. The maximum absolute atomic E-state index is 13.2. The Bertz CT molecular complexity index is 705. The Hall–Kier alpha value is -2.10. The predicted molar refractivity (Wildman–Crippen MR) is 111 cm³/mol. The van der Waals surface area contributed by atoms with Crippen LogP contribution >= 0.6 is 0 Å². The highest BCUT2D eigenvalue weighted by Gasteiger charge is 2.38. The van der Waals surface area contributed by atoms with E-state index in [1.165, 1.54) is 32.1 Å². The van der Waals surface area contributed by atoms with Crippen molar-refractivity contribution in [1.29, 1.82) is 0 Å². The molecule has 4 heteroatoms. The van der Waals surface area contributed by atoms with E-state index in [1.54, 1.807) is 6.08 Å². The van der Waals surface area contributed by atoms with Crippen molar-refractivity contribution in [3.05, 3.63) is 42.0 Å². The fourth-order valence-corrected chi connectivity index (χ4v) is 5.32. The number of likely N-dealkylation sites (tertiary alicyclic amines) is 2. The third-order valence-electron chi connectivity index (χ3n) is 6.90. The lowest BCUT2D eigenvalue weighted by atomic mass is 9.77. The van der Waals surface area contributed by atoms with Crippen LogP contribution in [0.5, 0.6) is 0 Å². The average Bonchev–Trinajstić information content (AvgIpc) is 2.77. The minimum absolute atomic E-state index is 0.0556. The second-order valence-corrected chi connectivity index (χ2v) is 8.63. The Kier molecular flexibility index (Phi) is 6.13. The van der Waals surface area contributed by atoms with Crippen molar-refractivity contribution in [3.8, 4) is 0 Å². The summed E-state index contributed by atoms with van der Waals surface area (Å²) in [5.41, 5.74) is 1.04. The molecule has 3 aliphatic rings. The van der Waals surface area contributed by atoms with Crippen LogP contribution in [0, 0.1) is 11.8 Å². The first-order chi connectivity index (χ1) is 13.7. The van der Waals surface area contributed by atoms with Crippen molar-refractivity contribution in [2.24, 2.45) is 11.8 Å². The smallest absolute Gasteiger partial charge is 0.246 e. The molecule has 0 N–H and O–H groups in total. The first-order valence-electron chi connectivity index (χ1n) is 11.0. The Balaban J connectivity index is 1.30. The van der Waals surface area contributed by atoms with Gasteiger partial charge in [-0.3, -0.25) is 9.59 Å². The molecular weight excluding hydrogens is 348 g/mol. The number of piperidine rings is 2. The molecular formula is C24H32N2O2. The number of carbonyl (C=O) groups excluding carboxylic acids is 2. The second kappa shape index (κ2) is 8.93. The van der Waals surface area contributed by atoms with E-state index in [1.807, 2.05) is 41.3 Å². The Morgan fingerprint density at radius 1 is 0.857 bits per heavy atom. The van der Waals surface area contributed by atoms with Crippen LogP contribution < -0.4 is 0 Å². The van der Waals surface area contributed by atoms with E-state index >= 15 is 0 Å². The van der Waals surface area contributed by atoms with Gasteiger partial charge < -0.3 is 9.80 Å². The molecule has 2 heterocycles. The molecule has 28 heavy (non-hydrogen) atoms. The van der Waals surface area contributed by atoms with Crippen LogP contribution in [0.1, 0.15) is 56.9 Å². The van der Waals surface area contributed by atoms with Crippen LogP contribution in [0.2, 0.25) is 0 Å². The molecule has 2 atom stereocenters. The van der Waals surface area contributed by atoms with Gasteiger partial charge in [-0.2, -0.15) is 0 Å².